The molecule has 3 rings (SSSR count). The summed E-state index contributed by atoms with van der Waals surface area (Å²) in [5.41, 5.74) is 1.32. The fraction of sp³-hybridized carbons (Fsp3) is 0.250. The standard InChI is InChI=1S/C16H16N2O4/c1-20-14-8-7-11(16(18-14)21-2)15(19)17-12-9-22-13-6-4-3-5-10(12)13/h3-8,12H,9H2,1-2H3,(H,17,19)/t12-/m0/s1. The van der Waals surface area contributed by atoms with Crippen molar-refractivity contribution in [2.45, 2.75) is 6.04 Å². The van der Waals surface area contributed by atoms with Gasteiger partial charge in [-0.1, -0.05) is 18.2 Å². The topological polar surface area (TPSA) is 69.7 Å². The zero-order chi connectivity index (χ0) is 15.5. The van der Waals surface area contributed by atoms with E-state index in [0.29, 0.717) is 18.1 Å². The predicted octanol–water partition coefficient (Wildman–Crippen LogP) is 1.96. The van der Waals surface area contributed by atoms with Gasteiger partial charge < -0.3 is 19.5 Å². The fourth-order valence-electron chi connectivity index (χ4n) is 2.38. The molecule has 2 heterocycles. The van der Waals surface area contributed by atoms with Crippen LogP contribution in [0.15, 0.2) is 36.4 Å². The van der Waals surface area contributed by atoms with Crippen LogP contribution in [0, 0.1) is 0 Å². The number of carbonyl (C=O) groups excluding carboxylic acids is 1. The third kappa shape index (κ3) is 2.55. The van der Waals surface area contributed by atoms with Gasteiger partial charge in [0.1, 0.15) is 17.9 Å². The second-order valence-corrected chi connectivity index (χ2v) is 4.79. The van der Waals surface area contributed by atoms with Gasteiger partial charge in [0.2, 0.25) is 11.8 Å². The molecule has 1 N–H and O–H groups in total. The number of hydrogen-bond donors (Lipinski definition) is 1. The molecule has 0 saturated heterocycles. The second kappa shape index (κ2) is 5.93. The van der Waals surface area contributed by atoms with Gasteiger partial charge in [0.25, 0.3) is 5.91 Å². The molecule has 22 heavy (non-hydrogen) atoms. The van der Waals surface area contributed by atoms with E-state index < -0.39 is 0 Å². The number of aromatic nitrogens is 1. The molecule has 1 aromatic heterocycles. The van der Waals surface area contributed by atoms with Crippen molar-refractivity contribution in [3.63, 3.8) is 0 Å². The lowest BCUT2D eigenvalue weighted by atomic mass is 10.1. The molecular formula is C16H16N2O4. The fourth-order valence-corrected chi connectivity index (χ4v) is 2.38. The molecule has 1 amide bonds. The van der Waals surface area contributed by atoms with Crippen molar-refractivity contribution in [2.24, 2.45) is 0 Å². The summed E-state index contributed by atoms with van der Waals surface area (Å²) in [7, 11) is 2.97. The average Bonchev–Trinajstić information content (AvgIpc) is 2.97. The molecule has 114 valence electrons. The molecule has 6 heteroatoms. The smallest absolute Gasteiger partial charge is 0.257 e. The number of hydrogen-bond acceptors (Lipinski definition) is 5. The minimum Gasteiger partial charge on any atom is -0.491 e. The molecule has 0 bridgehead atoms. The summed E-state index contributed by atoms with van der Waals surface area (Å²) in [5.74, 6) is 1.15. The van der Waals surface area contributed by atoms with Gasteiger partial charge in [0.05, 0.1) is 20.3 Å². The first-order valence-corrected chi connectivity index (χ1v) is 6.84. The Hall–Kier alpha value is -2.76. The number of amides is 1. The Morgan fingerprint density at radius 2 is 2.05 bits per heavy atom. The third-order valence-corrected chi connectivity index (χ3v) is 3.49. The van der Waals surface area contributed by atoms with E-state index in [-0.39, 0.29) is 17.8 Å². The quantitative estimate of drug-likeness (QED) is 0.934. The number of benzene rings is 1. The average molecular weight is 300 g/mol. The maximum absolute atomic E-state index is 12.5. The van der Waals surface area contributed by atoms with Gasteiger partial charge >= 0.3 is 0 Å². The predicted molar refractivity (Wildman–Crippen MR) is 79.5 cm³/mol. The second-order valence-electron chi connectivity index (χ2n) is 4.79. The SMILES string of the molecule is COc1ccc(C(=O)N[C@H]2COc3ccccc32)c(OC)n1. The van der Waals surface area contributed by atoms with E-state index in [1.165, 1.54) is 14.2 Å². The first-order chi connectivity index (χ1) is 10.7. The highest BCUT2D eigenvalue weighted by atomic mass is 16.5. The maximum atomic E-state index is 12.5. The van der Waals surface area contributed by atoms with Crippen molar-refractivity contribution >= 4 is 5.91 Å². The van der Waals surface area contributed by atoms with E-state index in [1.807, 2.05) is 24.3 Å². The molecule has 0 saturated carbocycles. The third-order valence-electron chi connectivity index (χ3n) is 3.49. The number of fused-ring (bicyclic) bond motifs is 1. The number of nitrogens with zero attached hydrogens (tertiary/aromatic N) is 1. The number of carbonyl (C=O) groups is 1. The van der Waals surface area contributed by atoms with Crippen LogP contribution in [-0.2, 0) is 0 Å². The van der Waals surface area contributed by atoms with Crippen LogP contribution in [-0.4, -0.2) is 31.7 Å². The van der Waals surface area contributed by atoms with Gasteiger partial charge in [0, 0.05) is 11.6 Å². The van der Waals surface area contributed by atoms with Crippen LogP contribution in [0.4, 0.5) is 0 Å². The number of para-hydroxylation sites is 1. The van der Waals surface area contributed by atoms with Crippen LogP contribution >= 0.6 is 0 Å². The normalized spacial score (nSPS) is 15.6. The van der Waals surface area contributed by atoms with Crippen molar-refractivity contribution in [1.82, 2.24) is 10.3 Å². The molecule has 0 unspecified atom stereocenters. The largest absolute Gasteiger partial charge is 0.491 e. The van der Waals surface area contributed by atoms with Crippen molar-refractivity contribution in [1.29, 1.82) is 0 Å². The van der Waals surface area contributed by atoms with Crippen molar-refractivity contribution in [3.05, 3.63) is 47.5 Å². The van der Waals surface area contributed by atoms with E-state index in [1.54, 1.807) is 12.1 Å². The van der Waals surface area contributed by atoms with Gasteiger partial charge in [-0.15, -0.1) is 0 Å². The van der Waals surface area contributed by atoms with Crippen LogP contribution in [0.2, 0.25) is 0 Å². The van der Waals surface area contributed by atoms with Gasteiger partial charge in [-0.2, -0.15) is 4.98 Å². The van der Waals surface area contributed by atoms with Crippen LogP contribution in [0.5, 0.6) is 17.5 Å². The van der Waals surface area contributed by atoms with E-state index in [4.69, 9.17) is 14.2 Å². The first kappa shape index (κ1) is 14.2. The first-order valence-electron chi connectivity index (χ1n) is 6.84. The van der Waals surface area contributed by atoms with E-state index in [0.717, 1.165) is 11.3 Å². The zero-order valence-electron chi connectivity index (χ0n) is 12.3. The van der Waals surface area contributed by atoms with Crippen molar-refractivity contribution < 1.29 is 19.0 Å². The summed E-state index contributed by atoms with van der Waals surface area (Å²) >= 11 is 0. The lowest BCUT2D eigenvalue weighted by Crippen LogP contribution is -2.29. The summed E-state index contributed by atoms with van der Waals surface area (Å²) in [5, 5.41) is 2.94. The number of rotatable bonds is 4. The Bertz CT molecular complexity index is 702. The Labute approximate surface area is 128 Å². The number of ether oxygens (including phenoxy) is 3. The van der Waals surface area contributed by atoms with Crippen molar-refractivity contribution in [2.75, 3.05) is 20.8 Å². The van der Waals surface area contributed by atoms with Crippen LogP contribution in [0.1, 0.15) is 22.0 Å². The molecule has 6 nitrogen and oxygen atoms in total. The van der Waals surface area contributed by atoms with Crippen molar-refractivity contribution in [3.8, 4) is 17.5 Å². The summed E-state index contributed by atoms with van der Waals surface area (Å²) in [6, 6.07) is 10.7. The van der Waals surface area contributed by atoms with Crippen LogP contribution in [0.25, 0.3) is 0 Å². The minimum absolute atomic E-state index is 0.185. The lowest BCUT2D eigenvalue weighted by molar-refractivity contribution is 0.0926. The van der Waals surface area contributed by atoms with Gasteiger partial charge in [-0.3, -0.25) is 4.79 Å². The number of pyridine rings is 1. The van der Waals surface area contributed by atoms with Crippen LogP contribution < -0.4 is 19.5 Å². The molecule has 1 aromatic carbocycles. The van der Waals surface area contributed by atoms with Gasteiger partial charge in [0.15, 0.2) is 0 Å². The minimum atomic E-state index is -0.266. The van der Waals surface area contributed by atoms with Crippen LogP contribution in [0.3, 0.4) is 0 Å². The lowest BCUT2D eigenvalue weighted by Gasteiger charge is -2.13. The Balaban J connectivity index is 1.81. The molecule has 0 radical (unpaired) electrons. The van der Waals surface area contributed by atoms with Gasteiger partial charge in [-0.05, 0) is 12.1 Å². The number of nitrogens with one attached hydrogen (secondary N) is 1. The highest BCUT2D eigenvalue weighted by Gasteiger charge is 2.26. The molecule has 1 atom stereocenters. The van der Waals surface area contributed by atoms with E-state index in [9.17, 15) is 4.79 Å². The van der Waals surface area contributed by atoms with E-state index in [2.05, 4.69) is 10.3 Å². The molecular weight excluding hydrogens is 284 g/mol. The Kier molecular flexibility index (Phi) is 3.82. The maximum Gasteiger partial charge on any atom is 0.257 e. The summed E-state index contributed by atoms with van der Waals surface area (Å²) in [6.07, 6.45) is 0. The highest BCUT2D eigenvalue weighted by Crippen LogP contribution is 2.32. The van der Waals surface area contributed by atoms with Gasteiger partial charge in [-0.25, -0.2) is 0 Å². The summed E-state index contributed by atoms with van der Waals surface area (Å²) in [4.78, 5) is 16.6. The summed E-state index contributed by atoms with van der Waals surface area (Å²) in [6.45, 7) is 0.414. The molecule has 0 spiro atoms. The molecule has 0 aliphatic carbocycles. The number of methoxy groups -OCH3 is 2. The molecule has 0 fully saturated rings. The Morgan fingerprint density at radius 3 is 2.82 bits per heavy atom. The van der Waals surface area contributed by atoms with E-state index >= 15 is 0 Å². The zero-order valence-corrected chi connectivity index (χ0v) is 12.3. The molecule has 1 aliphatic heterocycles. The molecule has 2 aromatic rings. The Morgan fingerprint density at radius 1 is 1.23 bits per heavy atom. The molecule has 1 aliphatic rings. The highest BCUT2D eigenvalue weighted by molar-refractivity contribution is 5.96. The summed E-state index contributed by atoms with van der Waals surface area (Å²) < 4.78 is 15.7. The monoisotopic (exact) mass is 300 g/mol.